The Morgan fingerprint density at radius 3 is 2.93 bits per heavy atom. The van der Waals surface area contributed by atoms with Crippen LogP contribution in [0.15, 0.2) is 6.07 Å². The van der Waals surface area contributed by atoms with Gasteiger partial charge in [-0.2, -0.15) is 0 Å². The third kappa shape index (κ3) is 2.58. The molecule has 0 aliphatic heterocycles. The van der Waals surface area contributed by atoms with Crippen LogP contribution >= 0.6 is 11.6 Å². The summed E-state index contributed by atoms with van der Waals surface area (Å²) in [5.41, 5.74) is 0. The number of nitrogens with one attached hydrogen (secondary N) is 1. The van der Waals surface area contributed by atoms with E-state index in [1.807, 2.05) is 6.92 Å². The van der Waals surface area contributed by atoms with Crippen molar-refractivity contribution in [2.75, 3.05) is 11.9 Å². The largest absolute Gasteiger partial charge is 0.370 e. The van der Waals surface area contributed by atoms with Crippen LogP contribution in [-0.2, 0) is 6.42 Å². The molecule has 0 atom stereocenters. The fourth-order valence-electron chi connectivity index (χ4n) is 1.28. The molecule has 1 N–H and O–H groups in total. The van der Waals surface area contributed by atoms with Gasteiger partial charge in [0.05, 0.1) is 0 Å². The van der Waals surface area contributed by atoms with Crippen LogP contribution < -0.4 is 5.32 Å². The maximum Gasteiger partial charge on any atom is 0.134 e. The normalized spacial score (nSPS) is 15.6. The zero-order valence-electron chi connectivity index (χ0n) is 8.26. The fraction of sp³-hybridized carbons (Fsp3) is 0.600. The second-order valence-electron chi connectivity index (χ2n) is 3.67. The van der Waals surface area contributed by atoms with Crippen LogP contribution in [0.25, 0.3) is 0 Å². The van der Waals surface area contributed by atoms with E-state index in [0.717, 1.165) is 30.5 Å². The molecule has 1 aliphatic carbocycles. The van der Waals surface area contributed by atoms with Gasteiger partial charge in [0.15, 0.2) is 0 Å². The summed E-state index contributed by atoms with van der Waals surface area (Å²) >= 11 is 5.87. The molecule has 2 rings (SSSR count). The number of rotatable bonds is 4. The molecule has 0 saturated heterocycles. The third-order valence-electron chi connectivity index (χ3n) is 2.33. The maximum atomic E-state index is 5.87. The first-order chi connectivity index (χ1) is 6.78. The van der Waals surface area contributed by atoms with Crippen LogP contribution in [0.2, 0.25) is 5.15 Å². The molecule has 4 heteroatoms. The smallest absolute Gasteiger partial charge is 0.134 e. The number of hydrogen-bond donors (Lipinski definition) is 1. The quantitative estimate of drug-likeness (QED) is 0.778. The maximum absolute atomic E-state index is 5.87. The van der Waals surface area contributed by atoms with Gasteiger partial charge in [0.25, 0.3) is 0 Å². The SMILES string of the molecule is CCc1nc(Cl)cc(NCC2CC2)n1. The minimum Gasteiger partial charge on any atom is -0.370 e. The van der Waals surface area contributed by atoms with Gasteiger partial charge in [-0.15, -0.1) is 0 Å². The monoisotopic (exact) mass is 211 g/mol. The Labute approximate surface area is 88.9 Å². The van der Waals surface area contributed by atoms with Crippen LogP contribution in [0.3, 0.4) is 0 Å². The number of hydrogen-bond acceptors (Lipinski definition) is 3. The Hall–Kier alpha value is -0.830. The summed E-state index contributed by atoms with van der Waals surface area (Å²) < 4.78 is 0. The lowest BCUT2D eigenvalue weighted by Crippen LogP contribution is -2.06. The molecule has 1 aliphatic rings. The summed E-state index contributed by atoms with van der Waals surface area (Å²) in [5.74, 6) is 2.50. The molecule has 1 aromatic heterocycles. The van der Waals surface area contributed by atoms with Gasteiger partial charge in [-0.05, 0) is 18.8 Å². The molecule has 1 aromatic rings. The Bertz CT molecular complexity index is 323. The molecule has 1 saturated carbocycles. The standard InChI is InChI=1S/C10H14ClN3/c1-2-9-13-8(11)5-10(14-9)12-6-7-3-4-7/h5,7H,2-4,6H2,1H3,(H,12,13,14). The molecule has 3 nitrogen and oxygen atoms in total. The molecule has 1 fully saturated rings. The lowest BCUT2D eigenvalue weighted by Gasteiger charge is -2.05. The van der Waals surface area contributed by atoms with E-state index in [9.17, 15) is 0 Å². The number of anilines is 1. The highest BCUT2D eigenvalue weighted by Gasteiger charge is 2.20. The van der Waals surface area contributed by atoms with Crippen molar-refractivity contribution in [2.45, 2.75) is 26.2 Å². The molecule has 0 amide bonds. The summed E-state index contributed by atoms with van der Waals surface area (Å²) in [7, 11) is 0. The van der Waals surface area contributed by atoms with Gasteiger partial charge in [0.1, 0.15) is 16.8 Å². The minimum absolute atomic E-state index is 0.523. The molecular formula is C10H14ClN3. The summed E-state index contributed by atoms with van der Waals surface area (Å²) in [5, 5.41) is 3.81. The predicted molar refractivity (Wildman–Crippen MR) is 57.6 cm³/mol. The second-order valence-corrected chi connectivity index (χ2v) is 4.06. The van der Waals surface area contributed by atoms with Crippen molar-refractivity contribution < 1.29 is 0 Å². The van der Waals surface area contributed by atoms with Crippen molar-refractivity contribution in [3.63, 3.8) is 0 Å². The van der Waals surface area contributed by atoms with Crippen molar-refractivity contribution in [1.82, 2.24) is 9.97 Å². The second kappa shape index (κ2) is 4.13. The van der Waals surface area contributed by atoms with Gasteiger partial charge < -0.3 is 5.32 Å². The summed E-state index contributed by atoms with van der Waals surface area (Å²) in [6.07, 6.45) is 3.50. The third-order valence-corrected chi connectivity index (χ3v) is 2.52. The van der Waals surface area contributed by atoms with E-state index in [-0.39, 0.29) is 0 Å². The average molecular weight is 212 g/mol. The van der Waals surface area contributed by atoms with Gasteiger partial charge in [-0.3, -0.25) is 0 Å². The Balaban J connectivity index is 2.03. The molecule has 76 valence electrons. The topological polar surface area (TPSA) is 37.8 Å². The Kier molecular flexibility index (Phi) is 2.87. The molecule has 14 heavy (non-hydrogen) atoms. The van der Waals surface area contributed by atoms with Gasteiger partial charge in [-0.25, -0.2) is 9.97 Å². The molecule has 0 spiro atoms. The number of aryl methyl sites for hydroxylation is 1. The van der Waals surface area contributed by atoms with E-state index in [4.69, 9.17) is 11.6 Å². The molecular weight excluding hydrogens is 198 g/mol. The molecule has 0 aromatic carbocycles. The van der Waals surface area contributed by atoms with Crippen LogP contribution in [0.4, 0.5) is 5.82 Å². The highest BCUT2D eigenvalue weighted by atomic mass is 35.5. The average Bonchev–Trinajstić information content (AvgIpc) is 2.97. The van der Waals surface area contributed by atoms with Crippen molar-refractivity contribution >= 4 is 17.4 Å². The predicted octanol–water partition coefficient (Wildman–Crippen LogP) is 2.51. The van der Waals surface area contributed by atoms with Crippen molar-refractivity contribution in [3.05, 3.63) is 17.0 Å². The minimum atomic E-state index is 0.523. The molecule has 0 unspecified atom stereocenters. The van der Waals surface area contributed by atoms with Gasteiger partial charge >= 0.3 is 0 Å². The zero-order valence-corrected chi connectivity index (χ0v) is 9.01. The lowest BCUT2D eigenvalue weighted by atomic mass is 10.4. The van der Waals surface area contributed by atoms with E-state index in [2.05, 4.69) is 15.3 Å². The van der Waals surface area contributed by atoms with Crippen molar-refractivity contribution in [2.24, 2.45) is 5.92 Å². The fourth-order valence-corrected chi connectivity index (χ4v) is 1.49. The van der Waals surface area contributed by atoms with E-state index >= 15 is 0 Å². The first-order valence-electron chi connectivity index (χ1n) is 5.05. The summed E-state index contributed by atoms with van der Waals surface area (Å²) in [6.45, 7) is 3.03. The van der Waals surface area contributed by atoms with Crippen molar-refractivity contribution in [1.29, 1.82) is 0 Å². The highest BCUT2D eigenvalue weighted by molar-refractivity contribution is 6.29. The van der Waals surface area contributed by atoms with Gasteiger partial charge in [0.2, 0.25) is 0 Å². The van der Waals surface area contributed by atoms with Crippen LogP contribution in [0.5, 0.6) is 0 Å². The zero-order chi connectivity index (χ0) is 9.97. The Morgan fingerprint density at radius 2 is 2.29 bits per heavy atom. The van der Waals surface area contributed by atoms with E-state index in [1.54, 1.807) is 6.07 Å². The van der Waals surface area contributed by atoms with Gasteiger partial charge in [0, 0.05) is 19.0 Å². The number of aromatic nitrogens is 2. The highest BCUT2D eigenvalue weighted by Crippen LogP contribution is 2.28. The summed E-state index contributed by atoms with van der Waals surface area (Å²) in [6, 6.07) is 1.78. The van der Waals surface area contributed by atoms with E-state index < -0.39 is 0 Å². The first kappa shape index (κ1) is 9.71. The van der Waals surface area contributed by atoms with Crippen LogP contribution in [0.1, 0.15) is 25.6 Å². The lowest BCUT2D eigenvalue weighted by molar-refractivity contribution is 0.869. The molecule has 0 bridgehead atoms. The van der Waals surface area contributed by atoms with Gasteiger partial charge in [-0.1, -0.05) is 18.5 Å². The van der Waals surface area contributed by atoms with E-state index in [1.165, 1.54) is 12.8 Å². The molecule has 1 heterocycles. The van der Waals surface area contributed by atoms with Crippen LogP contribution in [0, 0.1) is 5.92 Å². The first-order valence-corrected chi connectivity index (χ1v) is 5.43. The number of halogens is 1. The summed E-state index contributed by atoms with van der Waals surface area (Å²) in [4.78, 5) is 8.45. The van der Waals surface area contributed by atoms with Crippen molar-refractivity contribution in [3.8, 4) is 0 Å². The van der Waals surface area contributed by atoms with Crippen LogP contribution in [-0.4, -0.2) is 16.5 Å². The Morgan fingerprint density at radius 1 is 1.50 bits per heavy atom. The molecule has 0 radical (unpaired) electrons. The number of nitrogens with zero attached hydrogens (tertiary/aromatic N) is 2. The van der Waals surface area contributed by atoms with E-state index in [0.29, 0.717) is 5.15 Å².